The van der Waals surface area contributed by atoms with E-state index in [9.17, 15) is 18.0 Å². The molecule has 2 aromatic rings. The molecule has 0 spiro atoms. The monoisotopic (exact) mass is 447 g/mol. The minimum absolute atomic E-state index is 0.0651. The Morgan fingerprint density at radius 1 is 1.06 bits per heavy atom. The van der Waals surface area contributed by atoms with Crippen LogP contribution in [0.15, 0.2) is 47.4 Å². The van der Waals surface area contributed by atoms with Crippen molar-refractivity contribution in [2.24, 2.45) is 0 Å². The highest BCUT2D eigenvalue weighted by molar-refractivity contribution is 7.89. The van der Waals surface area contributed by atoms with Crippen LogP contribution in [-0.4, -0.2) is 57.4 Å². The number of ether oxygens (including phenoxy) is 2. The van der Waals surface area contributed by atoms with Crippen LogP contribution in [0.25, 0.3) is 0 Å². The number of carbonyl (C=O) groups excluding carboxylic acids is 2. The molecule has 9 nitrogen and oxygen atoms in total. The molecule has 10 heteroatoms. The molecule has 1 fully saturated rings. The number of rotatable bonds is 6. The van der Waals surface area contributed by atoms with Crippen molar-refractivity contribution in [1.29, 1.82) is 0 Å². The summed E-state index contributed by atoms with van der Waals surface area (Å²) in [4.78, 5) is 24.6. The first-order chi connectivity index (χ1) is 14.8. The lowest BCUT2D eigenvalue weighted by atomic mass is 10.1. The fourth-order valence-corrected chi connectivity index (χ4v) is 4.64. The number of sulfonamides is 1. The van der Waals surface area contributed by atoms with Gasteiger partial charge in [0.05, 0.1) is 23.7 Å². The van der Waals surface area contributed by atoms with Gasteiger partial charge in [-0.05, 0) is 43.2 Å². The molecule has 1 aliphatic rings. The molecule has 0 atom stereocenters. The number of morpholine rings is 1. The third-order valence-corrected chi connectivity index (χ3v) is 6.69. The van der Waals surface area contributed by atoms with Gasteiger partial charge in [0.1, 0.15) is 5.75 Å². The first kappa shape index (κ1) is 22.7. The Morgan fingerprint density at radius 2 is 1.77 bits per heavy atom. The lowest BCUT2D eigenvalue weighted by Gasteiger charge is -2.26. The molecule has 0 saturated carbocycles. The molecule has 2 aromatic carbocycles. The summed E-state index contributed by atoms with van der Waals surface area (Å²) in [6.07, 6.45) is 0. The number of carbonyl (C=O) groups is 2. The highest BCUT2D eigenvalue weighted by Crippen LogP contribution is 2.21. The van der Waals surface area contributed by atoms with E-state index in [1.54, 1.807) is 12.1 Å². The Balaban J connectivity index is 1.63. The summed E-state index contributed by atoms with van der Waals surface area (Å²) in [7, 11) is -3.88. The third-order valence-electron chi connectivity index (χ3n) is 4.74. The first-order valence-electron chi connectivity index (χ1n) is 9.75. The topological polar surface area (TPSA) is 114 Å². The Bertz CT molecular complexity index is 1060. The van der Waals surface area contributed by atoms with Crippen LogP contribution in [0.3, 0.4) is 0 Å². The van der Waals surface area contributed by atoms with E-state index in [0.717, 1.165) is 11.1 Å². The molecule has 0 radical (unpaired) electrons. The van der Waals surface area contributed by atoms with Crippen LogP contribution in [0.1, 0.15) is 21.5 Å². The van der Waals surface area contributed by atoms with Crippen molar-refractivity contribution in [2.45, 2.75) is 18.7 Å². The maximum atomic E-state index is 13.0. The Morgan fingerprint density at radius 3 is 2.52 bits per heavy atom. The van der Waals surface area contributed by atoms with Crippen molar-refractivity contribution in [2.75, 3.05) is 32.9 Å². The number of benzene rings is 2. The van der Waals surface area contributed by atoms with Gasteiger partial charge in [-0.15, -0.1) is 0 Å². The van der Waals surface area contributed by atoms with Crippen LogP contribution in [-0.2, 0) is 19.6 Å². The molecule has 2 amide bonds. The van der Waals surface area contributed by atoms with Crippen molar-refractivity contribution < 1.29 is 27.5 Å². The van der Waals surface area contributed by atoms with Crippen molar-refractivity contribution >= 4 is 21.8 Å². The molecule has 0 aliphatic carbocycles. The molecule has 2 N–H and O–H groups in total. The van der Waals surface area contributed by atoms with E-state index >= 15 is 0 Å². The average Bonchev–Trinajstić information content (AvgIpc) is 2.78. The number of nitrogens with zero attached hydrogens (tertiary/aromatic N) is 1. The van der Waals surface area contributed by atoms with Crippen molar-refractivity contribution in [3.8, 4) is 5.75 Å². The molecule has 1 aliphatic heterocycles. The smallest absolute Gasteiger partial charge is 0.276 e. The molecule has 3 rings (SSSR count). The standard InChI is InChI=1S/C21H25N3O6S/c1-15-7-8-16(2)18(13-15)30-14-20(25)22-23-21(26)17-5-3-4-6-19(17)31(27,28)24-9-11-29-12-10-24/h3-8,13H,9-12,14H2,1-2H3,(H,22,25)(H,23,26). The number of hydrogen-bond acceptors (Lipinski definition) is 6. The van der Waals surface area contributed by atoms with E-state index in [2.05, 4.69) is 10.9 Å². The molecular formula is C21H25N3O6S. The second-order valence-electron chi connectivity index (χ2n) is 7.07. The molecule has 166 valence electrons. The van der Waals surface area contributed by atoms with Crippen LogP contribution in [0.4, 0.5) is 0 Å². The lowest BCUT2D eigenvalue weighted by molar-refractivity contribution is -0.123. The Kier molecular flexibility index (Phi) is 7.26. The minimum atomic E-state index is -3.88. The maximum absolute atomic E-state index is 13.0. The summed E-state index contributed by atoms with van der Waals surface area (Å²) >= 11 is 0. The van der Waals surface area contributed by atoms with Gasteiger partial charge in [-0.2, -0.15) is 4.31 Å². The van der Waals surface area contributed by atoms with Crippen LogP contribution in [0.5, 0.6) is 5.75 Å². The van der Waals surface area contributed by atoms with Crippen LogP contribution >= 0.6 is 0 Å². The number of nitrogens with one attached hydrogen (secondary N) is 2. The Hall–Kier alpha value is -2.95. The molecule has 0 aromatic heterocycles. The van der Waals surface area contributed by atoms with Crippen molar-refractivity contribution in [3.05, 3.63) is 59.2 Å². The summed E-state index contributed by atoms with van der Waals surface area (Å²) in [5, 5.41) is 0. The Labute approximate surface area is 181 Å². The van der Waals surface area contributed by atoms with Gasteiger partial charge < -0.3 is 9.47 Å². The molecule has 1 saturated heterocycles. The van der Waals surface area contributed by atoms with Crippen molar-refractivity contribution in [1.82, 2.24) is 15.2 Å². The van der Waals surface area contributed by atoms with Gasteiger partial charge in [-0.25, -0.2) is 8.42 Å². The first-order valence-corrected chi connectivity index (χ1v) is 11.2. The second-order valence-corrected chi connectivity index (χ2v) is 8.98. The van der Waals surface area contributed by atoms with Crippen molar-refractivity contribution in [3.63, 3.8) is 0 Å². The summed E-state index contributed by atoms with van der Waals surface area (Å²) in [5.41, 5.74) is 6.31. The number of aryl methyl sites for hydroxylation is 2. The quantitative estimate of drug-likeness (QED) is 0.643. The van der Waals surface area contributed by atoms with E-state index in [1.807, 2.05) is 32.0 Å². The molecular weight excluding hydrogens is 422 g/mol. The molecule has 1 heterocycles. The zero-order valence-corrected chi connectivity index (χ0v) is 18.2. The van der Waals surface area contributed by atoms with E-state index in [0.29, 0.717) is 19.0 Å². The zero-order valence-electron chi connectivity index (χ0n) is 17.4. The van der Waals surface area contributed by atoms with Gasteiger partial charge in [0, 0.05) is 13.1 Å². The zero-order chi connectivity index (χ0) is 22.4. The normalized spacial score (nSPS) is 14.6. The maximum Gasteiger partial charge on any atom is 0.276 e. The molecule has 0 bridgehead atoms. The highest BCUT2D eigenvalue weighted by atomic mass is 32.2. The predicted octanol–water partition coefficient (Wildman–Crippen LogP) is 1.16. The van der Waals surface area contributed by atoms with Gasteiger partial charge >= 0.3 is 0 Å². The largest absolute Gasteiger partial charge is 0.483 e. The number of hydrazine groups is 1. The summed E-state index contributed by atoms with van der Waals surface area (Å²) in [5.74, 6) is -0.751. The number of amides is 2. The predicted molar refractivity (Wildman–Crippen MR) is 113 cm³/mol. The van der Waals surface area contributed by atoms with Gasteiger partial charge in [-0.3, -0.25) is 20.4 Å². The second kappa shape index (κ2) is 9.90. The number of hydrogen-bond donors (Lipinski definition) is 2. The SMILES string of the molecule is Cc1ccc(C)c(OCC(=O)NNC(=O)c2ccccc2S(=O)(=O)N2CCOCC2)c1. The summed E-state index contributed by atoms with van der Waals surface area (Å²) < 4.78 is 37.9. The summed E-state index contributed by atoms with van der Waals surface area (Å²) in [6, 6.07) is 11.5. The van der Waals surface area contributed by atoms with Gasteiger partial charge in [0.25, 0.3) is 11.8 Å². The van der Waals surface area contributed by atoms with Gasteiger partial charge in [0.2, 0.25) is 10.0 Å². The summed E-state index contributed by atoms with van der Waals surface area (Å²) in [6.45, 7) is 4.48. The molecule has 31 heavy (non-hydrogen) atoms. The van der Waals surface area contributed by atoms with E-state index in [1.165, 1.54) is 16.4 Å². The molecule has 0 unspecified atom stereocenters. The van der Waals surface area contributed by atoms with E-state index in [-0.39, 0.29) is 30.2 Å². The van der Waals surface area contributed by atoms with Crippen LogP contribution < -0.4 is 15.6 Å². The average molecular weight is 448 g/mol. The fourth-order valence-electron chi connectivity index (χ4n) is 3.04. The van der Waals surface area contributed by atoms with Crippen LogP contribution in [0.2, 0.25) is 0 Å². The lowest BCUT2D eigenvalue weighted by Crippen LogP contribution is -2.45. The third kappa shape index (κ3) is 5.60. The van der Waals surface area contributed by atoms with E-state index < -0.39 is 21.8 Å². The van der Waals surface area contributed by atoms with Gasteiger partial charge in [0.15, 0.2) is 6.61 Å². The highest BCUT2D eigenvalue weighted by Gasteiger charge is 2.30. The van der Waals surface area contributed by atoms with E-state index in [4.69, 9.17) is 9.47 Å². The van der Waals surface area contributed by atoms with Crippen LogP contribution in [0, 0.1) is 13.8 Å². The fraction of sp³-hybridized carbons (Fsp3) is 0.333. The van der Waals surface area contributed by atoms with Gasteiger partial charge in [-0.1, -0.05) is 24.3 Å². The minimum Gasteiger partial charge on any atom is -0.483 e.